The maximum absolute atomic E-state index is 13.9. The maximum Gasteiger partial charge on any atom is 0.227 e. The van der Waals surface area contributed by atoms with Crippen LogP contribution in [0.25, 0.3) is 0 Å². The molecule has 1 amide bonds. The SMILES string of the molecule is Cc1ccc(N2CC(c3ccc(Cl)cc3Oc3ccc(C)c(F)c3)CC2=O)cc1. The second kappa shape index (κ2) is 7.88. The largest absolute Gasteiger partial charge is 0.457 e. The van der Waals surface area contributed by atoms with Gasteiger partial charge in [0.05, 0.1) is 0 Å². The lowest BCUT2D eigenvalue weighted by Gasteiger charge is -2.19. The van der Waals surface area contributed by atoms with Crippen LogP contribution in [0.15, 0.2) is 60.7 Å². The lowest BCUT2D eigenvalue weighted by molar-refractivity contribution is -0.117. The van der Waals surface area contributed by atoms with Gasteiger partial charge in [0.25, 0.3) is 0 Å². The molecule has 0 spiro atoms. The summed E-state index contributed by atoms with van der Waals surface area (Å²) in [5, 5.41) is 0.524. The summed E-state index contributed by atoms with van der Waals surface area (Å²) in [6.45, 7) is 4.28. The lowest BCUT2D eigenvalue weighted by atomic mass is 9.97. The van der Waals surface area contributed by atoms with E-state index in [4.69, 9.17) is 16.3 Å². The Morgan fingerprint density at radius 3 is 2.52 bits per heavy atom. The van der Waals surface area contributed by atoms with E-state index in [1.807, 2.05) is 37.3 Å². The molecule has 3 aromatic carbocycles. The van der Waals surface area contributed by atoms with Crippen LogP contribution in [0.1, 0.15) is 29.0 Å². The predicted molar refractivity (Wildman–Crippen MR) is 114 cm³/mol. The van der Waals surface area contributed by atoms with E-state index in [2.05, 4.69) is 0 Å². The van der Waals surface area contributed by atoms with Crippen LogP contribution in [0, 0.1) is 19.7 Å². The zero-order valence-electron chi connectivity index (χ0n) is 16.3. The van der Waals surface area contributed by atoms with Crippen LogP contribution in [0.3, 0.4) is 0 Å². The molecule has 29 heavy (non-hydrogen) atoms. The third-order valence-corrected chi connectivity index (χ3v) is 5.49. The van der Waals surface area contributed by atoms with E-state index < -0.39 is 0 Å². The Kier molecular flexibility index (Phi) is 5.29. The van der Waals surface area contributed by atoms with E-state index >= 15 is 0 Å². The number of carbonyl (C=O) groups is 1. The topological polar surface area (TPSA) is 29.5 Å². The molecule has 1 aliphatic heterocycles. The fraction of sp³-hybridized carbons (Fsp3) is 0.208. The molecule has 1 fully saturated rings. The average molecular weight is 410 g/mol. The molecule has 0 radical (unpaired) electrons. The van der Waals surface area contributed by atoms with E-state index in [1.54, 1.807) is 36.1 Å². The number of nitrogens with zero attached hydrogens (tertiary/aromatic N) is 1. The van der Waals surface area contributed by atoms with Crippen LogP contribution in [0.4, 0.5) is 10.1 Å². The van der Waals surface area contributed by atoms with Crippen molar-refractivity contribution in [3.63, 3.8) is 0 Å². The highest BCUT2D eigenvalue weighted by Crippen LogP contribution is 2.39. The van der Waals surface area contributed by atoms with Gasteiger partial charge in [0, 0.05) is 41.2 Å². The third-order valence-electron chi connectivity index (χ3n) is 5.26. The number of aryl methyl sites for hydroxylation is 2. The van der Waals surface area contributed by atoms with E-state index in [1.165, 1.54) is 6.07 Å². The number of carbonyl (C=O) groups excluding carboxylic acids is 1. The Morgan fingerprint density at radius 1 is 1.03 bits per heavy atom. The van der Waals surface area contributed by atoms with Crippen LogP contribution < -0.4 is 9.64 Å². The first-order valence-electron chi connectivity index (χ1n) is 9.51. The molecule has 3 nitrogen and oxygen atoms in total. The van der Waals surface area contributed by atoms with Gasteiger partial charge in [-0.05, 0) is 49.7 Å². The molecular weight excluding hydrogens is 389 g/mol. The van der Waals surface area contributed by atoms with Crippen molar-refractivity contribution in [3.05, 3.63) is 88.2 Å². The Labute approximate surface area is 174 Å². The molecule has 0 bridgehead atoms. The van der Waals surface area contributed by atoms with E-state index in [0.29, 0.717) is 35.1 Å². The predicted octanol–water partition coefficient (Wildman–Crippen LogP) is 6.41. The molecule has 1 atom stereocenters. The van der Waals surface area contributed by atoms with Gasteiger partial charge in [0.15, 0.2) is 0 Å². The van der Waals surface area contributed by atoms with Gasteiger partial charge in [0.2, 0.25) is 5.91 Å². The van der Waals surface area contributed by atoms with Crippen molar-refractivity contribution in [2.45, 2.75) is 26.2 Å². The molecule has 4 rings (SSSR count). The smallest absolute Gasteiger partial charge is 0.227 e. The van der Waals surface area contributed by atoms with Gasteiger partial charge < -0.3 is 9.64 Å². The van der Waals surface area contributed by atoms with Gasteiger partial charge in [-0.2, -0.15) is 0 Å². The molecule has 0 aliphatic carbocycles. The van der Waals surface area contributed by atoms with Crippen molar-refractivity contribution in [2.24, 2.45) is 0 Å². The van der Waals surface area contributed by atoms with Gasteiger partial charge >= 0.3 is 0 Å². The van der Waals surface area contributed by atoms with E-state index in [0.717, 1.165) is 16.8 Å². The average Bonchev–Trinajstić information content (AvgIpc) is 3.07. The van der Waals surface area contributed by atoms with Crippen molar-refractivity contribution in [1.82, 2.24) is 0 Å². The van der Waals surface area contributed by atoms with Gasteiger partial charge in [-0.15, -0.1) is 0 Å². The van der Waals surface area contributed by atoms with Gasteiger partial charge in [-0.3, -0.25) is 4.79 Å². The third kappa shape index (κ3) is 4.13. The highest BCUT2D eigenvalue weighted by molar-refractivity contribution is 6.30. The first-order chi connectivity index (χ1) is 13.9. The van der Waals surface area contributed by atoms with Crippen LogP contribution >= 0.6 is 11.6 Å². The Balaban J connectivity index is 1.62. The fourth-order valence-corrected chi connectivity index (χ4v) is 3.75. The molecule has 0 N–H and O–H groups in total. The number of ether oxygens (including phenoxy) is 1. The van der Waals surface area contributed by atoms with Crippen LogP contribution in [0.5, 0.6) is 11.5 Å². The minimum Gasteiger partial charge on any atom is -0.457 e. The molecular formula is C24H21ClFNO2. The number of benzene rings is 3. The zero-order valence-corrected chi connectivity index (χ0v) is 17.0. The summed E-state index contributed by atoms with van der Waals surface area (Å²) in [6.07, 6.45) is 0.383. The number of amides is 1. The van der Waals surface area contributed by atoms with Crippen molar-refractivity contribution in [3.8, 4) is 11.5 Å². The molecule has 1 aliphatic rings. The van der Waals surface area contributed by atoms with Gasteiger partial charge in [0.1, 0.15) is 17.3 Å². The maximum atomic E-state index is 13.9. The second-order valence-corrected chi connectivity index (χ2v) is 7.87. The zero-order chi connectivity index (χ0) is 20.5. The Bertz CT molecular complexity index is 1060. The molecule has 5 heteroatoms. The van der Waals surface area contributed by atoms with Crippen LogP contribution in [-0.2, 0) is 4.79 Å². The first kappa shape index (κ1) is 19.5. The van der Waals surface area contributed by atoms with Gasteiger partial charge in [-0.1, -0.05) is 41.4 Å². The summed E-state index contributed by atoms with van der Waals surface area (Å²) in [5.41, 5.74) is 3.48. The number of hydrogen-bond donors (Lipinski definition) is 0. The van der Waals surface area contributed by atoms with E-state index in [-0.39, 0.29) is 17.6 Å². The Hall–Kier alpha value is -2.85. The standard InChI is InChI=1S/C24H21ClFNO2/c1-15-3-7-19(8-4-15)27-14-17(11-24(27)28)21-10-6-18(25)12-23(21)29-20-9-5-16(2)22(26)13-20/h3-10,12-13,17H,11,14H2,1-2H3. The molecule has 3 aromatic rings. The van der Waals surface area contributed by atoms with Gasteiger partial charge in [-0.25, -0.2) is 4.39 Å². The number of rotatable bonds is 4. The first-order valence-corrected chi connectivity index (χ1v) is 9.89. The van der Waals surface area contributed by atoms with Crippen molar-refractivity contribution in [2.75, 3.05) is 11.4 Å². The summed E-state index contributed by atoms with van der Waals surface area (Å²) in [7, 11) is 0. The van der Waals surface area contributed by atoms with E-state index in [9.17, 15) is 9.18 Å². The normalized spacial score (nSPS) is 16.3. The van der Waals surface area contributed by atoms with Crippen molar-refractivity contribution < 1.29 is 13.9 Å². The molecule has 0 aromatic heterocycles. The highest BCUT2D eigenvalue weighted by Gasteiger charge is 2.33. The fourth-order valence-electron chi connectivity index (χ4n) is 3.59. The lowest BCUT2D eigenvalue weighted by Crippen LogP contribution is -2.24. The number of anilines is 1. The molecule has 1 heterocycles. The summed E-state index contributed by atoms with van der Waals surface area (Å²) in [4.78, 5) is 14.5. The Morgan fingerprint density at radius 2 is 1.79 bits per heavy atom. The summed E-state index contributed by atoms with van der Waals surface area (Å²) in [6, 6.07) is 18.1. The molecule has 1 saturated heterocycles. The monoisotopic (exact) mass is 409 g/mol. The highest BCUT2D eigenvalue weighted by atomic mass is 35.5. The second-order valence-electron chi connectivity index (χ2n) is 7.44. The summed E-state index contributed by atoms with van der Waals surface area (Å²) < 4.78 is 19.9. The van der Waals surface area contributed by atoms with Crippen LogP contribution in [-0.4, -0.2) is 12.5 Å². The van der Waals surface area contributed by atoms with Crippen LogP contribution in [0.2, 0.25) is 5.02 Å². The summed E-state index contributed by atoms with van der Waals surface area (Å²) >= 11 is 6.18. The minimum absolute atomic E-state index is 0.0358. The number of hydrogen-bond acceptors (Lipinski definition) is 2. The van der Waals surface area contributed by atoms with Crippen molar-refractivity contribution in [1.29, 1.82) is 0 Å². The van der Waals surface area contributed by atoms with Crippen molar-refractivity contribution >= 4 is 23.2 Å². The molecule has 148 valence electrons. The quantitative estimate of drug-likeness (QED) is 0.498. The molecule has 0 saturated carbocycles. The minimum atomic E-state index is -0.326. The molecule has 1 unspecified atom stereocenters. The number of halogens is 2. The summed E-state index contributed by atoms with van der Waals surface area (Å²) in [5.74, 6) is 0.654.